The fraction of sp³-hybridized carbons (Fsp3) is 0.294. The van der Waals surface area contributed by atoms with Crippen molar-refractivity contribution in [1.82, 2.24) is 10.3 Å². The molecule has 0 aliphatic heterocycles. The van der Waals surface area contributed by atoms with Crippen LogP contribution in [0.4, 0.5) is 11.4 Å². The first-order valence-electron chi connectivity index (χ1n) is 7.19. The van der Waals surface area contributed by atoms with Crippen molar-refractivity contribution in [2.45, 2.75) is 27.2 Å². The maximum absolute atomic E-state index is 11.9. The fourth-order valence-electron chi connectivity index (χ4n) is 2.12. The lowest BCUT2D eigenvalue weighted by Gasteiger charge is -2.13. The van der Waals surface area contributed by atoms with Gasteiger partial charge < -0.3 is 10.6 Å². The van der Waals surface area contributed by atoms with Gasteiger partial charge in [-0.25, -0.2) is 0 Å². The smallest absolute Gasteiger partial charge is 0.269 e. The molecule has 1 heterocycles. The summed E-state index contributed by atoms with van der Waals surface area (Å²) in [6.45, 7) is 6.80. The van der Waals surface area contributed by atoms with E-state index in [1.807, 2.05) is 19.1 Å². The molecule has 1 aromatic carbocycles. The Morgan fingerprint density at radius 1 is 1.19 bits per heavy atom. The molecule has 0 aliphatic rings. The van der Waals surface area contributed by atoms with E-state index in [1.54, 1.807) is 12.3 Å². The molecular weight excluding hydrogens is 262 g/mol. The zero-order valence-electron chi connectivity index (χ0n) is 12.7. The Morgan fingerprint density at radius 2 is 1.90 bits per heavy atom. The Labute approximate surface area is 125 Å². The van der Waals surface area contributed by atoms with Crippen LogP contribution in [0.5, 0.6) is 0 Å². The third kappa shape index (κ3) is 3.81. The van der Waals surface area contributed by atoms with Gasteiger partial charge in [0.1, 0.15) is 5.69 Å². The maximum Gasteiger partial charge on any atom is 0.269 e. The standard InChI is InChI=1S/C17H21N3O/c1-4-9-19-17(21)15-11-14(8-10-18-15)20-16-12(2)6-5-7-13(16)3/h5-8,10-11H,4,9H2,1-3H3,(H,18,20)(H,19,21). The molecule has 0 atom stereocenters. The lowest BCUT2D eigenvalue weighted by Crippen LogP contribution is -2.24. The minimum Gasteiger partial charge on any atom is -0.355 e. The Bertz CT molecular complexity index is 617. The topological polar surface area (TPSA) is 54.0 Å². The van der Waals surface area contributed by atoms with Gasteiger partial charge in [-0.2, -0.15) is 0 Å². The summed E-state index contributed by atoms with van der Waals surface area (Å²) in [4.78, 5) is 16.1. The van der Waals surface area contributed by atoms with Gasteiger partial charge in [0.05, 0.1) is 0 Å². The first kappa shape index (κ1) is 15.0. The van der Waals surface area contributed by atoms with Gasteiger partial charge in [-0.1, -0.05) is 25.1 Å². The summed E-state index contributed by atoms with van der Waals surface area (Å²) in [6, 6.07) is 9.79. The van der Waals surface area contributed by atoms with Gasteiger partial charge in [0, 0.05) is 24.1 Å². The molecule has 0 radical (unpaired) electrons. The highest BCUT2D eigenvalue weighted by Crippen LogP contribution is 2.24. The van der Waals surface area contributed by atoms with Crippen LogP contribution in [0.15, 0.2) is 36.5 Å². The third-order valence-electron chi connectivity index (χ3n) is 3.28. The molecule has 0 bridgehead atoms. The highest BCUT2D eigenvalue weighted by molar-refractivity contribution is 5.93. The van der Waals surface area contributed by atoms with Crippen LogP contribution in [-0.4, -0.2) is 17.4 Å². The molecule has 2 N–H and O–H groups in total. The van der Waals surface area contributed by atoms with Crippen LogP contribution in [0.3, 0.4) is 0 Å². The van der Waals surface area contributed by atoms with Crippen LogP contribution in [0.1, 0.15) is 35.0 Å². The van der Waals surface area contributed by atoms with Gasteiger partial charge in [-0.15, -0.1) is 0 Å². The van der Waals surface area contributed by atoms with E-state index in [9.17, 15) is 4.79 Å². The van der Waals surface area contributed by atoms with E-state index in [0.717, 1.165) is 17.8 Å². The van der Waals surface area contributed by atoms with Crippen molar-refractivity contribution in [2.24, 2.45) is 0 Å². The van der Waals surface area contributed by atoms with Gasteiger partial charge in [-0.05, 0) is 43.5 Å². The molecule has 2 aromatic rings. The summed E-state index contributed by atoms with van der Waals surface area (Å²) in [7, 11) is 0. The Kier molecular flexibility index (Phi) is 4.93. The van der Waals surface area contributed by atoms with Crippen LogP contribution < -0.4 is 10.6 Å². The number of carbonyl (C=O) groups excluding carboxylic acids is 1. The van der Waals surface area contributed by atoms with Crippen molar-refractivity contribution in [3.63, 3.8) is 0 Å². The molecule has 0 saturated carbocycles. The molecule has 0 unspecified atom stereocenters. The second-order valence-electron chi connectivity index (χ2n) is 5.08. The molecule has 0 saturated heterocycles. The van der Waals surface area contributed by atoms with E-state index in [4.69, 9.17) is 0 Å². The average molecular weight is 283 g/mol. The highest BCUT2D eigenvalue weighted by atomic mass is 16.1. The second kappa shape index (κ2) is 6.88. The van der Waals surface area contributed by atoms with Gasteiger partial charge in [0.15, 0.2) is 0 Å². The molecular formula is C17H21N3O. The molecule has 2 rings (SSSR count). The van der Waals surface area contributed by atoms with Crippen LogP contribution in [-0.2, 0) is 0 Å². The number of benzene rings is 1. The number of hydrogen-bond donors (Lipinski definition) is 2. The fourth-order valence-corrected chi connectivity index (χ4v) is 2.12. The van der Waals surface area contributed by atoms with Crippen molar-refractivity contribution in [1.29, 1.82) is 0 Å². The number of carbonyl (C=O) groups is 1. The summed E-state index contributed by atoms with van der Waals surface area (Å²) < 4.78 is 0. The van der Waals surface area contributed by atoms with E-state index in [0.29, 0.717) is 12.2 Å². The van der Waals surface area contributed by atoms with E-state index in [-0.39, 0.29) is 5.91 Å². The van der Waals surface area contributed by atoms with Crippen molar-refractivity contribution in [2.75, 3.05) is 11.9 Å². The number of aromatic nitrogens is 1. The van der Waals surface area contributed by atoms with Gasteiger partial charge in [-0.3, -0.25) is 9.78 Å². The van der Waals surface area contributed by atoms with Crippen molar-refractivity contribution in [3.05, 3.63) is 53.3 Å². The quantitative estimate of drug-likeness (QED) is 0.881. The van der Waals surface area contributed by atoms with Gasteiger partial charge in [0.25, 0.3) is 5.91 Å². The molecule has 110 valence electrons. The number of nitrogens with one attached hydrogen (secondary N) is 2. The molecule has 4 nitrogen and oxygen atoms in total. The molecule has 4 heteroatoms. The number of aryl methyl sites for hydroxylation is 2. The summed E-state index contributed by atoms with van der Waals surface area (Å²) in [6.07, 6.45) is 2.56. The van der Waals surface area contributed by atoms with E-state index in [1.165, 1.54) is 11.1 Å². The Balaban J connectivity index is 2.20. The predicted octanol–water partition coefficient (Wildman–Crippen LogP) is 3.58. The first-order chi connectivity index (χ1) is 10.1. The minimum atomic E-state index is -0.137. The van der Waals surface area contributed by atoms with Crippen LogP contribution in [0, 0.1) is 13.8 Å². The van der Waals surface area contributed by atoms with Crippen LogP contribution in [0.2, 0.25) is 0 Å². The summed E-state index contributed by atoms with van der Waals surface area (Å²) in [5, 5.41) is 6.21. The third-order valence-corrected chi connectivity index (χ3v) is 3.28. The number of amides is 1. The molecule has 1 amide bonds. The van der Waals surface area contributed by atoms with Crippen LogP contribution in [0.25, 0.3) is 0 Å². The molecule has 0 spiro atoms. The lowest BCUT2D eigenvalue weighted by molar-refractivity contribution is 0.0949. The second-order valence-corrected chi connectivity index (χ2v) is 5.08. The van der Waals surface area contributed by atoms with Crippen molar-refractivity contribution in [3.8, 4) is 0 Å². The molecule has 0 fully saturated rings. The Hall–Kier alpha value is -2.36. The van der Waals surface area contributed by atoms with Gasteiger partial charge >= 0.3 is 0 Å². The average Bonchev–Trinajstić information content (AvgIpc) is 2.49. The minimum absolute atomic E-state index is 0.137. The maximum atomic E-state index is 11.9. The zero-order chi connectivity index (χ0) is 15.2. The van der Waals surface area contributed by atoms with Crippen molar-refractivity contribution < 1.29 is 4.79 Å². The largest absolute Gasteiger partial charge is 0.355 e. The molecule has 21 heavy (non-hydrogen) atoms. The number of nitrogens with zero attached hydrogens (tertiary/aromatic N) is 1. The molecule has 0 aliphatic carbocycles. The van der Waals surface area contributed by atoms with E-state index >= 15 is 0 Å². The molecule has 1 aromatic heterocycles. The SMILES string of the molecule is CCCNC(=O)c1cc(Nc2c(C)cccc2C)ccn1. The number of pyridine rings is 1. The zero-order valence-corrected chi connectivity index (χ0v) is 12.7. The number of anilines is 2. The lowest BCUT2D eigenvalue weighted by atomic mass is 10.1. The number of para-hydroxylation sites is 1. The predicted molar refractivity (Wildman–Crippen MR) is 86.1 cm³/mol. The highest BCUT2D eigenvalue weighted by Gasteiger charge is 2.08. The monoisotopic (exact) mass is 283 g/mol. The van der Waals surface area contributed by atoms with E-state index < -0.39 is 0 Å². The number of hydrogen-bond acceptors (Lipinski definition) is 3. The first-order valence-corrected chi connectivity index (χ1v) is 7.19. The van der Waals surface area contributed by atoms with Gasteiger partial charge in [0.2, 0.25) is 0 Å². The normalized spacial score (nSPS) is 10.2. The summed E-state index contributed by atoms with van der Waals surface area (Å²) >= 11 is 0. The Morgan fingerprint density at radius 3 is 2.57 bits per heavy atom. The summed E-state index contributed by atoms with van der Waals surface area (Å²) in [5.74, 6) is -0.137. The van der Waals surface area contributed by atoms with E-state index in [2.05, 4.69) is 41.6 Å². The number of rotatable bonds is 5. The van der Waals surface area contributed by atoms with Crippen molar-refractivity contribution >= 4 is 17.3 Å². The van der Waals surface area contributed by atoms with Crippen LogP contribution >= 0.6 is 0 Å². The summed E-state index contributed by atoms with van der Waals surface area (Å²) in [5.41, 5.74) is 4.71.